The zero-order chi connectivity index (χ0) is 18.3. The monoisotopic (exact) mass is 328 g/mol. The fourth-order valence-corrected chi connectivity index (χ4v) is 3.05. The van der Waals surface area contributed by atoms with E-state index in [0.717, 1.165) is 41.7 Å². The molecule has 0 saturated carbocycles. The molecular weight excluding hydrogens is 296 g/mol. The van der Waals surface area contributed by atoms with E-state index in [2.05, 4.69) is 53.7 Å². The summed E-state index contributed by atoms with van der Waals surface area (Å²) >= 11 is 0. The summed E-state index contributed by atoms with van der Waals surface area (Å²) in [6.45, 7) is 12.9. The third-order valence-corrected chi connectivity index (χ3v) is 4.73. The van der Waals surface area contributed by atoms with Crippen molar-refractivity contribution in [3.8, 4) is 5.75 Å². The molecule has 0 aromatic heterocycles. The van der Waals surface area contributed by atoms with Crippen LogP contribution < -0.4 is 11.5 Å². The Bertz CT molecular complexity index is 698. The van der Waals surface area contributed by atoms with Crippen LogP contribution in [0.25, 0.3) is 6.08 Å². The van der Waals surface area contributed by atoms with Crippen LogP contribution in [0, 0.1) is 0 Å². The fourth-order valence-electron chi connectivity index (χ4n) is 3.05. The Hall–Kier alpha value is -1.90. The molecule has 0 bridgehead atoms. The molecule has 0 amide bonds. The van der Waals surface area contributed by atoms with Crippen molar-refractivity contribution in [2.45, 2.75) is 71.6 Å². The van der Waals surface area contributed by atoms with Crippen molar-refractivity contribution in [3.05, 3.63) is 45.8 Å². The average molecular weight is 329 g/mol. The summed E-state index contributed by atoms with van der Waals surface area (Å²) in [5.74, 6) is 0.347. The number of allylic oxidation sites excluding steroid dienone is 2. The van der Waals surface area contributed by atoms with Gasteiger partial charge in [-0.25, -0.2) is 0 Å². The minimum Gasteiger partial charge on any atom is -0.507 e. The fraction of sp³-hybridized carbons (Fsp3) is 0.524. The molecule has 1 aromatic carbocycles. The molecule has 0 radical (unpaired) electrons. The summed E-state index contributed by atoms with van der Waals surface area (Å²) in [6, 6.07) is 4.21. The number of aromatic hydroxyl groups is 1. The molecule has 0 spiro atoms. The van der Waals surface area contributed by atoms with Crippen LogP contribution in [-0.4, -0.2) is 5.11 Å². The van der Waals surface area contributed by atoms with E-state index >= 15 is 0 Å². The van der Waals surface area contributed by atoms with Crippen LogP contribution in [-0.2, 0) is 10.8 Å². The third kappa shape index (κ3) is 3.77. The third-order valence-electron chi connectivity index (χ3n) is 4.73. The molecule has 1 aliphatic carbocycles. The molecule has 5 N–H and O–H groups in total. The lowest BCUT2D eigenvalue weighted by Crippen LogP contribution is -2.18. The van der Waals surface area contributed by atoms with Crippen molar-refractivity contribution in [1.29, 1.82) is 0 Å². The molecule has 0 fully saturated rings. The SMILES string of the molecule is CC(C)(C)c1cc(C=C2CCCC(N)=C2N)c(O)c(C(C)(C)C)c1. The molecule has 0 atom stereocenters. The van der Waals surface area contributed by atoms with Crippen LogP contribution in [0.3, 0.4) is 0 Å². The van der Waals surface area contributed by atoms with Gasteiger partial charge in [0, 0.05) is 16.8 Å². The van der Waals surface area contributed by atoms with Gasteiger partial charge in [0.05, 0.1) is 5.70 Å². The molecule has 24 heavy (non-hydrogen) atoms. The van der Waals surface area contributed by atoms with Gasteiger partial charge in [-0.3, -0.25) is 0 Å². The first-order chi connectivity index (χ1) is 10.9. The predicted octanol–water partition coefficient (Wildman–Crippen LogP) is 4.68. The zero-order valence-corrected chi connectivity index (χ0v) is 16.0. The standard InChI is InChI=1S/C21H32N2O/c1-20(2,3)15-11-14(19(24)16(12-15)21(4,5)6)10-13-8-7-9-17(22)18(13)23/h10-12,24H,7-9,22-23H2,1-6H3. The van der Waals surface area contributed by atoms with Gasteiger partial charge in [-0.05, 0) is 53.4 Å². The van der Waals surface area contributed by atoms with Gasteiger partial charge >= 0.3 is 0 Å². The Kier molecular flexibility index (Phi) is 4.76. The van der Waals surface area contributed by atoms with E-state index in [9.17, 15) is 5.11 Å². The second kappa shape index (κ2) is 6.19. The average Bonchev–Trinajstić information content (AvgIpc) is 2.43. The summed E-state index contributed by atoms with van der Waals surface area (Å²) in [4.78, 5) is 0. The van der Waals surface area contributed by atoms with E-state index in [1.54, 1.807) is 0 Å². The highest BCUT2D eigenvalue weighted by Crippen LogP contribution is 2.39. The van der Waals surface area contributed by atoms with Gasteiger partial charge in [-0.2, -0.15) is 0 Å². The summed E-state index contributed by atoms with van der Waals surface area (Å²) < 4.78 is 0. The van der Waals surface area contributed by atoms with Crippen LogP contribution in [0.2, 0.25) is 0 Å². The van der Waals surface area contributed by atoms with E-state index in [-0.39, 0.29) is 10.8 Å². The maximum atomic E-state index is 10.9. The van der Waals surface area contributed by atoms with Gasteiger partial charge in [0.2, 0.25) is 0 Å². The summed E-state index contributed by atoms with van der Waals surface area (Å²) in [7, 11) is 0. The maximum absolute atomic E-state index is 10.9. The Labute approximate surface area is 146 Å². The summed E-state index contributed by atoms with van der Waals surface area (Å²) in [6.07, 6.45) is 4.77. The number of rotatable bonds is 1. The van der Waals surface area contributed by atoms with Crippen LogP contribution in [0.1, 0.15) is 77.5 Å². The van der Waals surface area contributed by atoms with Gasteiger partial charge in [0.1, 0.15) is 5.75 Å². The van der Waals surface area contributed by atoms with E-state index < -0.39 is 0 Å². The molecular formula is C21H32N2O. The van der Waals surface area contributed by atoms with Crippen molar-refractivity contribution in [2.24, 2.45) is 11.5 Å². The van der Waals surface area contributed by atoms with E-state index in [0.29, 0.717) is 11.4 Å². The van der Waals surface area contributed by atoms with Gasteiger partial charge in [0.15, 0.2) is 0 Å². The number of phenols is 1. The van der Waals surface area contributed by atoms with Crippen LogP contribution in [0.15, 0.2) is 29.1 Å². The first kappa shape index (κ1) is 18.4. The van der Waals surface area contributed by atoms with Crippen LogP contribution in [0.5, 0.6) is 5.75 Å². The number of benzene rings is 1. The van der Waals surface area contributed by atoms with Gasteiger partial charge in [-0.1, -0.05) is 47.6 Å². The highest BCUT2D eigenvalue weighted by atomic mass is 16.3. The van der Waals surface area contributed by atoms with Gasteiger partial charge in [-0.15, -0.1) is 0 Å². The van der Waals surface area contributed by atoms with Crippen molar-refractivity contribution in [3.63, 3.8) is 0 Å². The summed E-state index contributed by atoms with van der Waals surface area (Å²) in [5.41, 5.74) is 17.5. The molecule has 0 unspecified atom stereocenters. The molecule has 0 aliphatic heterocycles. The Morgan fingerprint density at radius 3 is 2.12 bits per heavy atom. The number of hydrogen-bond donors (Lipinski definition) is 3. The zero-order valence-electron chi connectivity index (χ0n) is 16.0. The largest absolute Gasteiger partial charge is 0.507 e. The lowest BCUT2D eigenvalue weighted by Gasteiger charge is -2.27. The molecule has 0 saturated heterocycles. The highest BCUT2D eigenvalue weighted by molar-refractivity contribution is 5.67. The minimum atomic E-state index is -0.133. The van der Waals surface area contributed by atoms with E-state index in [4.69, 9.17) is 11.5 Å². The number of hydrogen-bond acceptors (Lipinski definition) is 3. The number of phenolic OH excluding ortho intramolecular Hbond substituents is 1. The normalized spacial score (nSPS) is 18.3. The smallest absolute Gasteiger partial charge is 0.126 e. The molecule has 3 heteroatoms. The predicted molar refractivity (Wildman–Crippen MR) is 103 cm³/mol. The lowest BCUT2D eigenvalue weighted by atomic mass is 9.78. The van der Waals surface area contributed by atoms with Crippen molar-refractivity contribution in [2.75, 3.05) is 0 Å². The first-order valence-electron chi connectivity index (χ1n) is 8.74. The second-order valence-electron chi connectivity index (χ2n) is 8.92. The summed E-state index contributed by atoms with van der Waals surface area (Å²) in [5, 5.41) is 10.9. The Morgan fingerprint density at radius 2 is 1.58 bits per heavy atom. The van der Waals surface area contributed by atoms with Crippen LogP contribution in [0.4, 0.5) is 0 Å². The molecule has 2 rings (SSSR count). The first-order valence-corrected chi connectivity index (χ1v) is 8.74. The Balaban J connectivity index is 2.68. The van der Waals surface area contributed by atoms with Gasteiger partial charge < -0.3 is 16.6 Å². The molecule has 3 nitrogen and oxygen atoms in total. The van der Waals surface area contributed by atoms with Crippen molar-refractivity contribution >= 4 is 6.08 Å². The van der Waals surface area contributed by atoms with Gasteiger partial charge in [0.25, 0.3) is 0 Å². The lowest BCUT2D eigenvalue weighted by molar-refractivity contribution is 0.443. The van der Waals surface area contributed by atoms with E-state index in [1.807, 2.05) is 6.08 Å². The molecule has 0 heterocycles. The minimum absolute atomic E-state index is 0.00787. The quantitative estimate of drug-likeness (QED) is 0.700. The van der Waals surface area contributed by atoms with Crippen molar-refractivity contribution in [1.82, 2.24) is 0 Å². The maximum Gasteiger partial charge on any atom is 0.126 e. The van der Waals surface area contributed by atoms with Crippen LogP contribution >= 0.6 is 0 Å². The number of nitrogens with two attached hydrogens (primary N) is 2. The molecule has 1 aliphatic rings. The van der Waals surface area contributed by atoms with E-state index in [1.165, 1.54) is 5.56 Å². The second-order valence-corrected chi connectivity index (χ2v) is 8.92. The molecule has 1 aromatic rings. The topological polar surface area (TPSA) is 72.3 Å². The highest BCUT2D eigenvalue weighted by Gasteiger charge is 2.25. The Morgan fingerprint density at radius 1 is 0.958 bits per heavy atom. The van der Waals surface area contributed by atoms with Crippen molar-refractivity contribution < 1.29 is 5.11 Å². The molecule has 132 valence electrons.